The van der Waals surface area contributed by atoms with Gasteiger partial charge in [0.15, 0.2) is 0 Å². The van der Waals surface area contributed by atoms with Gasteiger partial charge in [0.25, 0.3) is 0 Å². The molecular formula is C9H16O. The Bertz CT molecular complexity index is 123. The van der Waals surface area contributed by atoms with Crippen LogP contribution < -0.4 is 0 Å². The van der Waals surface area contributed by atoms with E-state index in [0.717, 1.165) is 12.8 Å². The molecule has 0 aromatic carbocycles. The van der Waals surface area contributed by atoms with Crippen molar-refractivity contribution in [1.82, 2.24) is 0 Å². The molecule has 0 saturated heterocycles. The first-order valence-corrected chi connectivity index (χ1v) is 3.66. The Balaban J connectivity index is 3.74. The molecule has 1 N–H and O–H groups in total. The predicted octanol–water partition coefficient (Wildman–Crippen LogP) is 2.28. The SMILES string of the molecule is C=CC(C)(O)/C=C/CCC. The highest BCUT2D eigenvalue weighted by Crippen LogP contribution is 2.06. The van der Waals surface area contributed by atoms with E-state index >= 15 is 0 Å². The van der Waals surface area contributed by atoms with E-state index in [1.807, 2.05) is 6.08 Å². The highest BCUT2D eigenvalue weighted by Gasteiger charge is 2.07. The van der Waals surface area contributed by atoms with Crippen LogP contribution in [-0.4, -0.2) is 10.7 Å². The summed E-state index contributed by atoms with van der Waals surface area (Å²) in [6.07, 6.45) is 7.40. The van der Waals surface area contributed by atoms with Crippen molar-refractivity contribution in [1.29, 1.82) is 0 Å². The van der Waals surface area contributed by atoms with Gasteiger partial charge in [0.05, 0.1) is 5.60 Å². The highest BCUT2D eigenvalue weighted by molar-refractivity contribution is 5.08. The lowest BCUT2D eigenvalue weighted by atomic mass is 10.1. The van der Waals surface area contributed by atoms with Crippen LogP contribution in [0, 0.1) is 0 Å². The first-order valence-electron chi connectivity index (χ1n) is 3.66. The molecule has 0 rings (SSSR count). The van der Waals surface area contributed by atoms with Crippen LogP contribution in [0.1, 0.15) is 26.7 Å². The van der Waals surface area contributed by atoms with E-state index in [1.165, 1.54) is 6.08 Å². The number of hydrogen-bond donors (Lipinski definition) is 1. The maximum Gasteiger partial charge on any atom is 0.0977 e. The third-order valence-corrected chi connectivity index (χ3v) is 1.32. The van der Waals surface area contributed by atoms with Gasteiger partial charge in [-0.2, -0.15) is 0 Å². The van der Waals surface area contributed by atoms with E-state index in [-0.39, 0.29) is 0 Å². The van der Waals surface area contributed by atoms with Gasteiger partial charge in [-0.15, -0.1) is 0 Å². The minimum absolute atomic E-state index is 0.824. The molecule has 1 atom stereocenters. The van der Waals surface area contributed by atoms with Crippen LogP contribution in [-0.2, 0) is 0 Å². The largest absolute Gasteiger partial charge is 0.382 e. The van der Waals surface area contributed by atoms with Gasteiger partial charge in [-0.1, -0.05) is 38.2 Å². The van der Waals surface area contributed by atoms with Crippen molar-refractivity contribution in [3.05, 3.63) is 24.8 Å². The highest BCUT2D eigenvalue weighted by atomic mass is 16.3. The lowest BCUT2D eigenvalue weighted by molar-refractivity contribution is 0.164. The molecule has 0 spiro atoms. The average molecular weight is 140 g/mol. The maximum atomic E-state index is 9.34. The smallest absolute Gasteiger partial charge is 0.0977 e. The zero-order valence-electron chi connectivity index (χ0n) is 6.80. The summed E-state index contributed by atoms with van der Waals surface area (Å²) in [5.41, 5.74) is -0.824. The maximum absolute atomic E-state index is 9.34. The van der Waals surface area contributed by atoms with Gasteiger partial charge < -0.3 is 5.11 Å². The fourth-order valence-corrected chi connectivity index (χ4v) is 0.557. The van der Waals surface area contributed by atoms with E-state index in [2.05, 4.69) is 13.5 Å². The van der Waals surface area contributed by atoms with E-state index < -0.39 is 5.60 Å². The molecule has 0 aromatic rings. The van der Waals surface area contributed by atoms with Crippen molar-refractivity contribution in [2.24, 2.45) is 0 Å². The van der Waals surface area contributed by atoms with Gasteiger partial charge in [0, 0.05) is 0 Å². The standard InChI is InChI=1S/C9H16O/c1-4-6-7-8-9(3,10)5-2/h5,7-8,10H,2,4,6H2,1,3H3/b8-7+. The lowest BCUT2D eigenvalue weighted by Crippen LogP contribution is -2.15. The van der Waals surface area contributed by atoms with Gasteiger partial charge in [-0.25, -0.2) is 0 Å². The molecular weight excluding hydrogens is 124 g/mol. The van der Waals surface area contributed by atoms with Gasteiger partial charge in [-0.3, -0.25) is 0 Å². The molecule has 0 aliphatic heterocycles. The molecule has 0 aliphatic carbocycles. The minimum atomic E-state index is -0.824. The van der Waals surface area contributed by atoms with Crippen molar-refractivity contribution in [3.8, 4) is 0 Å². The molecule has 1 unspecified atom stereocenters. The normalized spacial score (nSPS) is 17.1. The van der Waals surface area contributed by atoms with Crippen LogP contribution in [0.2, 0.25) is 0 Å². The van der Waals surface area contributed by atoms with Crippen molar-refractivity contribution in [3.63, 3.8) is 0 Å². The van der Waals surface area contributed by atoms with E-state index in [0.29, 0.717) is 0 Å². The lowest BCUT2D eigenvalue weighted by Gasteiger charge is -2.11. The molecule has 0 radical (unpaired) electrons. The first kappa shape index (κ1) is 9.44. The fraction of sp³-hybridized carbons (Fsp3) is 0.556. The summed E-state index contributed by atoms with van der Waals surface area (Å²) in [4.78, 5) is 0. The second-order valence-corrected chi connectivity index (χ2v) is 2.62. The van der Waals surface area contributed by atoms with E-state index in [4.69, 9.17) is 0 Å². The van der Waals surface area contributed by atoms with Crippen LogP contribution in [0.5, 0.6) is 0 Å². The van der Waals surface area contributed by atoms with Gasteiger partial charge in [0.1, 0.15) is 0 Å². The second kappa shape index (κ2) is 4.29. The number of hydrogen-bond acceptors (Lipinski definition) is 1. The molecule has 1 heteroatoms. The monoisotopic (exact) mass is 140 g/mol. The topological polar surface area (TPSA) is 20.2 Å². The summed E-state index contributed by atoms with van der Waals surface area (Å²) in [5, 5.41) is 9.34. The summed E-state index contributed by atoms with van der Waals surface area (Å²) in [5.74, 6) is 0. The second-order valence-electron chi connectivity index (χ2n) is 2.62. The zero-order chi connectivity index (χ0) is 8.04. The molecule has 0 saturated carbocycles. The van der Waals surface area contributed by atoms with Crippen LogP contribution in [0.3, 0.4) is 0 Å². The Hall–Kier alpha value is -0.560. The van der Waals surface area contributed by atoms with Crippen LogP contribution in [0.15, 0.2) is 24.8 Å². The molecule has 0 fully saturated rings. The predicted molar refractivity (Wildman–Crippen MR) is 44.9 cm³/mol. The average Bonchev–Trinajstić information content (AvgIpc) is 1.89. The molecule has 58 valence electrons. The summed E-state index contributed by atoms with van der Waals surface area (Å²) >= 11 is 0. The first-order chi connectivity index (χ1) is 4.62. The zero-order valence-corrected chi connectivity index (χ0v) is 6.80. The van der Waals surface area contributed by atoms with E-state index in [1.54, 1.807) is 13.0 Å². The van der Waals surface area contributed by atoms with Crippen LogP contribution in [0.25, 0.3) is 0 Å². The Kier molecular flexibility index (Phi) is 4.05. The van der Waals surface area contributed by atoms with Crippen molar-refractivity contribution >= 4 is 0 Å². The number of allylic oxidation sites excluding steroid dienone is 1. The number of unbranched alkanes of at least 4 members (excludes halogenated alkanes) is 1. The summed E-state index contributed by atoms with van der Waals surface area (Å²) in [6, 6.07) is 0. The molecule has 0 heterocycles. The molecule has 0 aromatic heterocycles. The van der Waals surface area contributed by atoms with E-state index in [9.17, 15) is 5.11 Å². The van der Waals surface area contributed by atoms with Crippen LogP contribution in [0.4, 0.5) is 0 Å². The van der Waals surface area contributed by atoms with Crippen molar-refractivity contribution in [2.75, 3.05) is 0 Å². The number of aliphatic hydroxyl groups is 1. The molecule has 0 aliphatic rings. The molecule has 1 nitrogen and oxygen atoms in total. The summed E-state index contributed by atoms with van der Waals surface area (Å²) < 4.78 is 0. The third kappa shape index (κ3) is 4.33. The van der Waals surface area contributed by atoms with Gasteiger partial charge in [0.2, 0.25) is 0 Å². The van der Waals surface area contributed by atoms with Gasteiger partial charge >= 0.3 is 0 Å². The van der Waals surface area contributed by atoms with Crippen LogP contribution >= 0.6 is 0 Å². The number of rotatable bonds is 4. The molecule has 10 heavy (non-hydrogen) atoms. The van der Waals surface area contributed by atoms with Crippen molar-refractivity contribution in [2.45, 2.75) is 32.3 Å². The molecule has 0 amide bonds. The van der Waals surface area contributed by atoms with Gasteiger partial charge in [-0.05, 0) is 13.3 Å². The molecule has 0 bridgehead atoms. The Morgan fingerprint density at radius 3 is 2.60 bits per heavy atom. The Labute approximate surface area is 63.1 Å². The third-order valence-electron chi connectivity index (χ3n) is 1.32. The fourth-order valence-electron chi connectivity index (χ4n) is 0.557. The summed E-state index contributed by atoms with van der Waals surface area (Å²) in [6.45, 7) is 7.33. The Morgan fingerprint density at radius 2 is 2.20 bits per heavy atom. The summed E-state index contributed by atoms with van der Waals surface area (Å²) in [7, 11) is 0. The quantitative estimate of drug-likeness (QED) is 0.594. The Morgan fingerprint density at radius 1 is 1.60 bits per heavy atom. The van der Waals surface area contributed by atoms with Crippen molar-refractivity contribution < 1.29 is 5.11 Å². The minimum Gasteiger partial charge on any atom is -0.382 e.